The minimum absolute atomic E-state index is 0.0711. The van der Waals surface area contributed by atoms with Gasteiger partial charge in [0.25, 0.3) is 0 Å². The molecule has 0 bridgehead atoms. The van der Waals surface area contributed by atoms with E-state index in [0.717, 1.165) is 0 Å². The van der Waals surface area contributed by atoms with Crippen LogP contribution < -0.4 is 15.4 Å². The maximum atomic E-state index is 12.2. The van der Waals surface area contributed by atoms with Gasteiger partial charge in [-0.1, -0.05) is 12.1 Å². The van der Waals surface area contributed by atoms with Crippen molar-refractivity contribution in [2.45, 2.75) is 19.6 Å². The van der Waals surface area contributed by atoms with Crippen LogP contribution >= 0.6 is 0 Å². The number of nitrogens with one attached hydrogen (secondary N) is 2. The highest BCUT2D eigenvalue weighted by atomic mass is 19.3. The Balaban J connectivity index is 2.47. The van der Waals surface area contributed by atoms with Crippen molar-refractivity contribution in [1.82, 2.24) is 10.6 Å². The zero-order valence-electron chi connectivity index (χ0n) is 12.1. The molecule has 0 spiro atoms. The third-order valence-corrected chi connectivity index (χ3v) is 2.73. The predicted molar refractivity (Wildman–Crippen MR) is 74.4 cm³/mol. The summed E-state index contributed by atoms with van der Waals surface area (Å²) in [5.41, 5.74) is 0.693. The van der Waals surface area contributed by atoms with Gasteiger partial charge in [-0.2, -0.15) is 8.78 Å². The van der Waals surface area contributed by atoms with E-state index in [2.05, 4.69) is 15.4 Å². The van der Waals surface area contributed by atoms with Gasteiger partial charge in [-0.15, -0.1) is 0 Å². The van der Waals surface area contributed by atoms with Gasteiger partial charge >= 0.3 is 6.61 Å². The van der Waals surface area contributed by atoms with E-state index in [1.165, 1.54) is 12.1 Å². The van der Waals surface area contributed by atoms with Crippen LogP contribution in [0.15, 0.2) is 24.3 Å². The molecule has 0 aliphatic rings. The Labute approximate surface area is 122 Å². The van der Waals surface area contributed by atoms with Crippen molar-refractivity contribution >= 4 is 5.91 Å². The molecule has 1 unspecified atom stereocenters. The molecule has 118 valence electrons. The van der Waals surface area contributed by atoms with Gasteiger partial charge in [-0.25, -0.2) is 0 Å². The van der Waals surface area contributed by atoms with Crippen LogP contribution in [-0.2, 0) is 9.53 Å². The molecule has 0 saturated heterocycles. The number of halogens is 2. The summed E-state index contributed by atoms with van der Waals surface area (Å²) in [6.45, 7) is 0.177. The molecular formula is C14H20F2N2O3. The summed E-state index contributed by atoms with van der Waals surface area (Å²) < 4.78 is 33.5. The van der Waals surface area contributed by atoms with Crippen LogP contribution in [0.3, 0.4) is 0 Å². The van der Waals surface area contributed by atoms with Gasteiger partial charge in [0.05, 0.1) is 19.2 Å². The molecule has 0 aliphatic carbocycles. The first-order valence-corrected chi connectivity index (χ1v) is 6.56. The average molecular weight is 302 g/mol. The number of carbonyl (C=O) groups excluding carboxylic acids is 1. The summed E-state index contributed by atoms with van der Waals surface area (Å²) in [5.74, 6) is -0.111. The molecular weight excluding hydrogens is 282 g/mol. The number of alkyl halides is 2. The van der Waals surface area contributed by atoms with Crippen LogP contribution in [0.25, 0.3) is 0 Å². The smallest absolute Gasteiger partial charge is 0.387 e. The lowest BCUT2D eigenvalue weighted by Gasteiger charge is -2.15. The lowest BCUT2D eigenvalue weighted by Crippen LogP contribution is -2.36. The highest BCUT2D eigenvalue weighted by molar-refractivity contribution is 5.78. The highest BCUT2D eigenvalue weighted by Gasteiger charge is 2.11. The van der Waals surface area contributed by atoms with Crippen molar-refractivity contribution in [2.24, 2.45) is 0 Å². The van der Waals surface area contributed by atoms with Crippen LogP contribution in [0.5, 0.6) is 5.75 Å². The van der Waals surface area contributed by atoms with Gasteiger partial charge in [0.15, 0.2) is 0 Å². The Kier molecular flexibility index (Phi) is 7.63. The van der Waals surface area contributed by atoms with Crippen LogP contribution in [0.4, 0.5) is 8.78 Å². The summed E-state index contributed by atoms with van der Waals surface area (Å²) >= 11 is 0. The molecule has 21 heavy (non-hydrogen) atoms. The molecule has 0 fully saturated rings. The quantitative estimate of drug-likeness (QED) is 0.682. The highest BCUT2D eigenvalue weighted by Crippen LogP contribution is 2.20. The number of hydrogen-bond donors (Lipinski definition) is 2. The standard InChI is InChI=1S/C14H20F2N2O3/c1-10(18-13(19)9-17-6-7-20-2)11-4-3-5-12(8-11)21-14(15)16/h3-5,8,10,14,17H,6-7,9H2,1-2H3,(H,18,19). The lowest BCUT2D eigenvalue weighted by molar-refractivity contribution is -0.120. The van der Waals surface area contributed by atoms with Crippen LogP contribution in [0.1, 0.15) is 18.5 Å². The topological polar surface area (TPSA) is 59.6 Å². The maximum Gasteiger partial charge on any atom is 0.387 e. The number of benzene rings is 1. The molecule has 0 aliphatic heterocycles. The largest absolute Gasteiger partial charge is 0.435 e. The van der Waals surface area contributed by atoms with E-state index in [1.807, 2.05) is 0 Å². The van der Waals surface area contributed by atoms with E-state index >= 15 is 0 Å². The average Bonchev–Trinajstić information content (AvgIpc) is 2.43. The van der Waals surface area contributed by atoms with Crippen molar-refractivity contribution in [3.63, 3.8) is 0 Å². The normalized spacial score (nSPS) is 12.2. The summed E-state index contributed by atoms with van der Waals surface area (Å²) in [4.78, 5) is 11.7. The fourth-order valence-electron chi connectivity index (χ4n) is 1.71. The SMILES string of the molecule is COCCNCC(=O)NC(C)c1cccc(OC(F)F)c1. The summed E-state index contributed by atoms with van der Waals surface area (Å²) in [5, 5.41) is 5.69. The number of methoxy groups -OCH3 is 1. The maximum absolute atomic E-state index is 12.2. The van der Waals surface area contributed by atoms with Crippen LogP contribution in [-0.4, -0.2) is 39.3 Å². The third-order valence-electron chi connectivity index (χ3n) is 2.73. The molecule has 1 aromatic rings. The zero-order chi connectivity index (χ0) is 15.7. The van der Waals surface area contributed by atoms with Crippen molar-refractivity contribution in [1.29, 1.82) is 0 Å². The summed E-state index contributed by atoms with van der Waals surface area (Å²) in [6.07, 6.45) is 0. The second kappa shape index (κ2) is 9.25. The van der Waals surface area contributed by atoms with E-state index in [-0.39, 0.29) is 24.2 Å². The number of carbonyl (C=O) groups is 1. The second-order valence-electron chi connectivity index (χ2n) is 4.41. The van der Waals surface area contributed by atoms with E-state index in [1.54, 1.807) is 26.2 Å². The van der Waals surface area contributed by atoms with Gasteiger partial charge in [0.1, 0.15) is 5.75 Å². The monoisotopic (exact) mass is 302 g/mol. The molecule has 5 nitrogen and oxygen atoms in total. The first-order chi connectivity index (χ1) is 10.0. The van der Waals surface area contributed by atoms with E-state index in [9.17, 15) is 13.6 Å². The van der Waals surface area contributed by atoms with Gasteiger partial charge in [-0.3, -0.25) is 4.79 Å². The molecule has 0 saturated carbocycles. The van der Waals surface area contributed by atoms with Crippen LogP contribution in [0, 0.1) is 0 Å². The Morgan fingerprint density at radius 1 is 1.38 bits per heavy atom. The number of amides is 1. The molecule has 1 rings (SSSR count). The van der Waals surface area contributed by atoms with E-state index < -0.39 is 6.61 Å². The minimum atomic E-state index is -2.87. The predicted octanol–water partition coefficient (Wildman–Crippen LogP) is 1.70. The second-order valence-corrected chi connectivity index (χ2v) is 4.41. The van der Waals surface area contributed by atoms with Gasteiger partial charge in [0, 0.05) is 13.7 Å². The minimum Gasteiger partial charge on any atom is -0.435 e. The molecule has 0 aromatic heterocycles. The lowest BCUT2D eigenvalue weighted by atomic mass is 10.1. The summed E-state index contributed by atoms with van der Waals surface area (Å²) in [7, 11) is 1.58. The molecule has 2 N–H and O–H groups in total. The van der Waals surface area contributed by atoms with Crippen LogP contribution in [0.2, 0.25) is 0 Å². The Hall–Kier alpha value is -1.73. The first-order valence-electron chi connectivity index (χ1n) is 6.56. The van der Waals surface area contributed by atoms with Crippen molar-refractivity contribution < 1.29 is 23.0 Å². The molecule has 1 aromatic carbocycles. The molecule has 7 heteroatoms. The van der Waals surface area contributed by atoms with Crippen molar-refractivity contribution in [2.75, 3.05) is 26.8 Å². The molecule has 1 atom stereocenters. The van der Waals surface area contributed by atoms with Crippen molar-refractivity contribution in [3.8, 4) is 5.75 Å². The zero-order valence-corrected chi connectivity index (χ0v) is 12.1. The van der Waals surface area contributed by atoms with Gasteiger partial charge in [0.2, 0.25) is 5.91 Å². The molecule has 0 radical (unpaired) electrons. The molecule has 0 heterocycles. The third kappa shape index (κ3) is 7.01. The fourth-order valence-corrected chi connectivity index (χ4v) is 1.71. The Bertz CT molecular complexity index is 444. The van der Waals surface area contributed by atoms with E-state index in [0.29, 0.717) is 18.7 Å². The number of rotatable bonds is 9. The van der Waals surface area contributed by atoms with Crippen molar-refractivity contribution in [3.05, 3.63) is 29.8 Å². The Morgan fingerprint density at radius 2 is 2.14 bits per heavy atom. The van der Waals surface area contributed by atoms with Gasteiger partial charge < -0.3 is 20.1 Å². The first kappa shape index (κ1) is 17.3. The van der Waals surface area contributed by atoms with Gasteiger partial charge in [-0.05, 0) is 24.6 Å². The summed E-state index contributed by atoms with van der Waals surface area (Å²) in [6, 6.07) is 5.96. The Morgan fingerprint density at radius 3 is 2.81 bits per heavy atom. The number of hydrogen-bond acceptors (Lipinski definition) is 4. The number of ether oxygens (including phenoxy) is 2. The fraction of sp³-hybridized carbons (Fsp3) is 0.500. The molecule has 1 amide bonds. The van der Waals surface area contributed by atoms with E-state index in [4.69, 9.17) is 4.74 Å².